The van der Waals surface area contributed by atoms with Gasteiger partial charge in [0.25, 0.3) is 0 Å². The molecule has 0 aliphatic carbocycles. The zero-order valence-corrected chi connectivity index (χ0v) is 31.0. The van der Waals surface area contributed by atoms with Gasteiger partial charge in [0.15, 0.2) is 0 Å². The van der Waals surface area contributed by atoms with Crippen molar-refractivity contribution in [1.82, 2.24) is 0 Å². The maximum Gasteiger partial charge on any atom is 0.0486 e. The quantitative estimate of drug-likeness (QED) is 0.152. The molecule has 4 N–H and O–H groups in total. The summed E-state index contributed by atoms with van der Waals surface area (Å²) in [5.74, 6) is 1.72. The van der Waals surface area contributed by atoms with Crippen LogP contribution in [0.1, 0.15) is 101 Å². The van der Waals surface area contributed by atoms with Crippen LogP contribution in [0.2, 0.25) is 0 Å². The second kappa shape index (κ2) is 14.4. The standard InChI is InChI=1S/C48H52N2/c1-29(2)33-9-17-37(18-10-33)44-43(39-25-27-42(49)28-26-39)45(38-19-11-34(12-20-38)30(3)4)47(41-23-15-36(16-24-41)32(7)8)48(50)46(44)40-21-13-35(14-22-40)31(5)6/h9-32H,49-50H2,1-8H3. The molecule has 0 heterocycles. The van der Waals surface area contributed by atoms with E-state index in [4.69, 9.17) is 11.5 Å². The van der Waals surface area contributed by atoms with Gasteiger partial charge in [0, 0.05) is 33.6 Å². The highest BCUT2D eigenvalue weighted by atomic mass is 14.6. The highest BCUT2D eigenvalue weighted by Gasteiger charge is 2.27. The van der Waals surface area contributed by atoms with Gasteiger partial charge in [-0.05, 0) is 91.4 Å². The molecule has 0 aliphatic rings. The lowest BCUT2D eigenvalue weighted by molar-refractivity contribution is 0.867. The summed E-state index contributed by atoms with van der Waals surface area (Å²) in [5, 5.41) is 0. The van der Waals surface area contributed by atoms with Crippen LogP contribution in [-0.2, 0) is 0 Å². The van der Waals surface area contributed by atoms with Crippen molar-refractivity contribution in [1.29, 1.82) is 0 Å². The lowest BCUT2D eigenvalue weighted by atomic mass is 9.77. The van der Waals surface area contributed by atoms with Gasteiger partial charge in [0.1, 0.15) is 0 Å². The molecule has 2 heteroatoms. The minimum atomic E-state index is 0.431. The van der Waals surface area contributed by atoms with Crippen molar-refractivity contribution in [2.45, 2.75) is 79.1 Å². The van der Waals surface area contributed by atoms with E-state index in [9.17, 15) is 0 Å². The average Bonchev–Trinajstić information content (AvgIpc) is 3.11. The third-order valence-corrected chi connectivity index (χ3v) is 10.2. The monoisotopic (exact) mass is 656 g/mol. The van der Waals surface area contributed by atoms with Gasteiger partial charge < -0.3 is 11.5 Å². The van der Waals surface area contributed by atoms with Crippen LogP contribution in [0.5, 0.6) is 0 Å². The van der Waals surface area contributed by atoms with E-state index < -0.39 is 0 Å². The second-order valence-corrected chi connectivity index (χ2v) is 15.0. The fourth-order valence-electron chi connectivity index (χ4n) is 7.02. The molecule has 0 aromatic heterocycles. The number of rotatable bonds is 9. The molecular weight excluding hydrogens is 605 g/mol. The molecule has 6 aromatic rings. The Labute approximate surface area is 300 Å². The first-order chi connectivity index (χ1) is 23.9. The van der Waals surface area contributed by atoms with Gasteiger partial charge >= 0.3 is 0 Å². The van der Waals surface area contributed by atoms with E-state index in [-0.39, 0.29) is 0 Å². The van der Waals surface area contributed by atoms with Gasteiger partial charge in [0.05, 0.1) is 0 Å². The zero-order valence-electron chi connectivity index (χ0n) is 31.0. The van der Waals surface area contributed by atoms with E-state index in [1.165, 1.54) is 22.3 Å². The number of benzene rings is 6. The fourth-order valence-corrected chi connectivity index (χ4v) is 7.02. The molecule has 0 radical (unpaired) electrons. The third kappa shape index (κ3) is 6.85. The normalized spacial score (nSPS) is 11.7. The minimum absolute atomic E-state index is 0.431. The topological polar surface area (TPSA) is 52.0 Å². The van der Waals surface area contributed by atoms with Crippen molar-refractivity contribution in [2.75, 3.05) is 11.5 Å². The Morgan fingerprint density at radius 1 is 0.280 bits per heavy atom. The molecule has 50 heavy (non-hydrogen) atoms. The summed E-state index contributed by atoms with van der Waals surface area (Å²) in [6.45, 7) is 17.9. The highest BCUT2D eigenvalue weighted by Crippen LogP contribution is 2.54. The first-order valence-electron chi connectivity index (χ1n) is 18.2. The Hall–Kier alpha value is -5.08. The molecule has 254 valence electrons. The van der Waals surface area contributed by atoms with Crippen molar-refractivity contribution in [3.8, 4) is 55.6 Å². The van der Waals surface area contributed by atoms with Gasteiger partial charge in [0.2, 0.25) is 0 Å². The number of nitrogen functional groups attached to an aromatic ring is 2. The number of nitrogens with two attached hydrogens (primary N) is 2. The zero-order chi connectivity index (χ0) is 35.7. The molecule has 2 nitrogen and oxygen atoms in total. The van der Waals surface area contributed by atoms with Crippen LogP contribution >= 0.6 is 0 Å². The van der Waals surface area contributed by atoms with E-state index >= 15 is 0 Å². The molecular formula is C48H52N2. The molecule has 0 amide bonds. The average molecular weight is 657 g/mol. The Kier molecular flexibility index (Phi) is 10.0. The molecule has 0 unspecified atom stereocenters. The number of hydrogen-bond acceptors (Lipinski definition) is 2. The summed E-state index contributed by atoms with van der Waals surface area (Å²) < 4.78 is 0. The first kappa shape index (κ1) is 34.8. The summed E-state index contributed by atoms with van der Waals surface area (Å²) in [7, 11) is 0. The van der Waals surface area contributed by atoms with E-state index in [1.807, 2.05) is 12.1 Å². The van der Waals surface area contributed by atoms with Crippen LogP contribution in [0.4, 0.5) is 11.4 Å². The van der Waals surface area contributed by atoms with Crippen molar-refractivity contribution in [3.63, 3.8) is 0 Å². The molecule has 0 aliphatic heterocycles. The Balaban J connectivity index is 1.82. The maximum absolute atomic E-state index is 7.63. The van der Waals surface area contributed by atoms with Gasteiger partial charge in [-0.15, -0.1) is 0 Å². The van der Waals surface area contributed by atoms with Crippen LogP contribution in [0.25, 0.3) is 55.6 Å². The maximum atomic E-state index is 7.63. The minimum Gasteiger partial charge on any atom is -0.399 e. The Morgan fingerprint density at radius 3 is 0.720 bits per heavy atom. The smallest absolute Gasteiger partial charge is 0.0486 e. The van der Waals surface area contributed by atoms with Crippen molar-refractivity contribution < 1.29 is 0 Å². The van der Waals surface area contributed by atoms with E-state index in [1.54, 1.807) is 0 Å². The molecule has 0 saturated heterocycles. The summed E-state index contributed by atoms with van der Waals surface area (Å²) >= 11 is 0. The van der Waals surface area contributed by atoms with Crippen molar-refractivity contribution in [3.05, 3.63) is 144 Å². The van der Waals surface area contributed by atoms with Gasteiger partial charge in [-0.2, -0.15) is 0 Å². The van der Waals surface area contributed by atoms with E-state index in [0.29, 0.717) is 23.7 Å². The number of anilines is 2. The van der Waals surface area contributed by atoms with E-state index in [2.05, 4.69) is 165 Å². The molecule has 0 spiro atoms. The summed E-state index contributed by atoms with van der Waals surface area (Å²) in [4.78, 5) is 0. The number of hydrogen-bond donors (Lipinski definition) is 2. The molecule has 0 fully saturated rings. The van der Waals surface area contributed by atoms with Gasteiger partial charge in [-0.25, -0.2) is 0 Å². The summed E-state index contributed by atoms with van der Waals surface area (Å²) in [6, 6.07) is 44.6. The Morgan fingerprint density at radius 2 is 0.480 bits per heavy atom. The predicted octanol–water partition coefficient (Wildman–Crippen LogP) is 13.7. The van der Waals surface area contributed by atoms with Crippen LogP contribution in [0.3, 0.4) is 0 Å². The Bertz CT molecular complexity index is 1930. The second-order valence-electron chi connectivity index (χ2n) is 15.0. The third-order valence-electron chi connectivity index (χ3n) is 10.2. The van der Waals surface area contributed by atoms with Crippen LogP contribution in [0, 0.1) is 0 Å². The van der Waals surface area contributed by atoms with E-state index in [0.717, 1.165) is 67.0 Å². The van der Waals surface area contributed by atoms with Crippen molar-refractivity contribution in [2.24, 2.45) is 0 Å². The van der Waals surface area contributed by atoms with Gasteiger partial charge in [-0.3, -0.25) is 0 Å². The molecule has 0 bridgehead atoms. The molecule has 0 atom stereocenters. The molecule has 0 saturated carbocycles. The molecule has 6 rings (SSSR count). The largest absolute Gasteiger partial charge is 0.399 e. The SMILES string of the molecule is CC(C)c1ccc(-c2c(N)c(-c3ccc(C(C)C)cc3)c(-c3ccc(C(C)C)cc3)c(-c3ccc(N)cc3)c2-c2ccc(C(C)C)cc2)cc1. The van der Waals surface area contributed by atoms with Crippen LogP contribution in [0.15, 0.2) is 121 Å². The lowest BCUT2D eigenvalue weighted by Gasteiger charge is -2.27. The molecule has 6 aromatic carbocycles. The fraction of sp³-hybridized carbons (Fsp3) is 0.250. The van der Waals surface area contributed by atoms with Crippen LogP contribution < -0.4 is 11.5 Å². The highest BCUT2D eigenvalue weighted by molar-refractivity contribution is 6.13. The lowest BCUT2D eigenvalue weighted by Crippen LogP contribution is -2.04. The summed E-state index contributed by atoms with van der Waals surface area (Å²) in [6.07, 6.45) is 0. The predicted molar refractivity (Wildman–Crippen MR) is 219 cm³/mol. The summed E-state index contributed by atoms with van der Waals surface area (Å²) in [5.41, 5.74) is 31.8. The van der Waals surface area contributed by atoms with Crippen molar-refractivity contribution >= 4 is 11.4 Å². The first-order valence-corrected chi connectivity index (χ1v) is 18.2. The van der Waals surface area contributed by atoms with Gasteiger partial charge in [-0.1, -0.05) is 165 Å². The van der Waals surface area contributed by atoms with Crippen LogP contribution in [-0.4, -0.2) is 0 Å².